The lowest BCUT2D eigenvalue weighted by molar-refractivity contribution is -0.145. The lowest BCUT2D eigenvalue weighted by Gasteiger charge is -2.28. The maximum Gasteiger partial charge on any atom is 0.338 e. The Morgan fingerprint density at radius 2 is 0.974 bits per heavy atom. The Morgan fingerprint density at radius 1 is 0.632 bits per heavy atom. The number of rotatable bonds is 12. The van der Waals surface area contributed by atoms with Crippen LogP contribution >= 0.6 is 0 Å². The third kappa shape index (κ3) is 8.81. The van der Waals surface area contributed by atoms with Crippen LogP contribution in [0, 0.1) is 0 Å². The molecule has 2 aromatic rings. The van der Waals surface area contributed by atoms with E-state index in [1.165, 1.54) is 0 Å². The minimum absolute atomic E-state index is 0.267. The van der Waals surface area contributed by atoms with E-state index in [0.29, 0.717) is 48.3 Å². The van der Waals surface area contributed by atoms with Crippen molar-refractivity contribution in [1.82, 2.24) is 0 Å². The van der Waals surface area contributed by atoms with Gasteiger partial charge in [-0.1, -0.05) is 13.2 Å². The van der Waals surface area contributed by atoms with Crippen molar-refractivity contribution in [1.29, 1.82) is 0 Å². The van der Waals surface area contributed by atoms with Gasteiger partial charge in [-0.05, 0) is 74.2 Å². The first kappa shape index (κ1) is 28.0. The van der Waals surface area contributed by atoms with Crippen LogP contribution in [0.25, 0.3) is 0 Å². The van der Waals surface area contributed by atoms with Gasteiger partial charge in [-0.3, -0.25) is 0 Å². The summed E-state index contributed by atoms with van der Waals surface area (Å²) in [4.78, 5) is 47.0. The van der Waals surface area contributed by atoms with Crippen LogP contribution in [0.3, 0.4) is 0 Å². The molecule has 0 aliphatic heterocycles. The molecule has 38 heavy (non-hydrogen) atoms. The van der Waals surface area contributed by atoms with Gasteiger partial charge in [0.1, 0.15) is 23.7 Å². The molecule has 0 aromatic heterocycles. The molecule has 200 valence electrons. The van der Waals surface area contributed by atoms with Gasteiger partial charge in [0.2, 0.25) is 13.6 Å². The number of esters is 4. The molecule has 2 aromatic carbocycles. The summed E-state index contributed by atoms with van der Waals surface area (Å²) in [6.07, 6.45) is 3.77. The van der Waals surface area contributed by atoms with Crippen molar-refractivity contribution in [2.24, 2.45) is 0 Å². The van der Waals surface area contributed by atoms with E-state index in [2.05, 4.69) is 13.2 Å². The highest BCUT2D eigenvalue weighted by Crippen LogP contribution is 2.26. The smallest absolute Gasteiger partial charge is 0.338 e. The van der Waals surface area contributed by atoms with E-state index >= 15 is 0 Å². The maximum atomic E-state index is 12.5. The molecule has 0 amide bonds. The van der Waals surface area contributed by atoms with E-state index in [1.54, 1.807) is 48.5 Å². The Hall–Kier alpha value is -4.60. The van der Waals surface area contributed by atoms with Gasteiger partial charge < -0.3 is 28.4 Å². The zero-order valence-electron chi connectivity index (χ0n) is 20.7. The van der Waals surface area contributed by atoms with Crippen molar-refractivity contribution in [3.8, 4) is 11.5 Å². The molecule has 0 radical (unpaired) electrons. The predicted molar refractivity (Wildman–Crippen MR) is 133 cm³/mol. The Kier molecular flexibility index (Phi) is 10.5. The first-order valence-electron chi connectivity index (χ1n) is 11.8. The van der Waals surface area contributed by atoms with Crippen LogP contribution in [-0.4, -0.2) is 49.7 Å². The van der Waals surface area contributed by atoms with Crippen molar-refractivity contribution >= 4 is 23.9 Å². The van der Waals surface area contributed by atoms with Gasteiger partial charge >= 0.3 is 23.9 Å². The number of benzene rings is 2. The van der Waals surface area contributed by atoms with Crippen LogP contribution in [0.15, 0.2) is 73.8 Å². The molecule has 3 rings (SSSR count). The second kappa shape index (κ2) is 14.2. The minimum Gasteiger partial charge on any atom is -0.459 e. The molecule has 1 aliphatic carbocycles. The topological polar surface area (TPSA) is 124 Å². The quantitative estimate of drug-likeness (QED) is 0.173. The monoisotopic (exact) mass is 524 g/mol. The summed E-state index contributed by atoms with van der Waals surface area (Å²) in [7, 11) is 0. The molecule has 10 nitrogen and oxygen atoms in total. The van der Waals surface area contributed by atoms with Crippen molar-refractivity contribution < 1.29 is 47.6 Å². The highest BCUT2D eigenvalue weighted by molar-refractivity contribution is 5.90. The van der Waals surface area contributed by atoms with Crippen LogP contribution in [-0.2, 0) is 28.5 Å². The predicted octanol–water partition coefficient (Wildman–Crippen LogP) is 4.14. The molecule has 0 N–H and O–H groups in total. The fraction of sp³-hybridized carbons (Fsp3) is 0.286. The van der Waals surface area contributed by atoms with Crippen LogP contribution in [0.5, 0.6) is 11.5 Å². The zero-order valence-corrected chi connectivity index (χ0v) is 20.7. The molecular weight excluding hydrogens is 496 g/mol. The summed E-state index contributed by atoms with van der Waals surface area (Å²) in [5.41, 5.74) is 0.723. The summed E-state index contributed by atoms with van der Waals surface area (Å²) < 4.78 is 31.2. The van der Waals surface area contributed by atoms with Crippen molar-refractivity contribution in [2.45, 2.75) is 37.9 Å². The van der Waals surface area contributed by atoms with E-state index in [9.17, 15) is 19.2 Å². The van der Waals surface area contributed by atoms with E-state index in [0.717, 1.165) is 12.2 Å². The van der Waals surface area contributed by atoms with Gasteiger partial charge in [0, 0.05) is 12.2 Å². The van der Waals surface area contributed by atoms with Crippen molar-refractivity contribution in [2.75, 3.05) is 13.6 Å². The molecule has 1 saturated carbocycles. The first-order valence-corrected chi connectivity index (χ1v) is 11.8. The second-order valence-electron chi connectivity index (χ2n) is 8.12. The highest BCUT2D eigenvalue weighted by Gasteiger charge is 2.27. The Morgan fingerprint density at radius 3 is 1.29 bits per heavy atom. The summed E-state index contributed by atoms with van der Waals surface area (Å²) in [5, 5.41) is 0. The summed E-state index contributed by atoms with van der Waals surface area (Å²) in [6.45, 7) is 6.05. The standard InChI is InChI=1S/C28H28O10/c1-3-25(29)35-17-33-21-9-5-19(6-10-21)27(31)37-23-13-15-24(16-14-23)38-28(32)20-7-11-22(12-8-20)34-18-36-26(30)4-2/h3-12,23-24H,1-2,13-18H2. The molecule has 1 aliphatic rings. The minimum atomic E-state index is -0.596. The molecule has 0 heterocycles. The Bertz CT molecular complexity index is 1040. The molecule has 0 saturated heterocycles. The largest absolute Gasteiger partial charge is 0.459 e. The number of hydrogen-bond acceptors (Lipinski definition) is 10. The lowest BCUT2D eigenvalue weighted by atomic mass is 9.95. The van der Waals surface area contributed by atoms with E-state index < -0.39 is 23.9 Å². The van der Waals surface area contributed by atoms with Gasteiger partial charge in [-0.25, -0.2) is 19.2 Å². The third-order valence-electron chi connectivity index (χ3n) is 5.54. The zero-order chi connectivity index (χ0) is 27.3. The van der Waals surface area contributed by atoms with Crippen molar-refractivity contribution in [3.05, 3.63) is 85.0 Å². The van der Waals surface area contributed by atoms with E-state index in [-0.39, 0.29) is 25.8 Å². The molecule has 10 heteroatoms. The summed E-state index contributed by atoms with van der Waals surface area (Å²) in [6, 6.07) is 12.5. The van der Waals surface area contributed by atoms with Crippen LogP contribution < -0.4 is 9.47 Å². The number of hydrogen-bond donors (Lipinski definition) is 0. The normalized spacial score (nSPS) is 16.3. The van der Waals surface area contributed by atoms with Crippen LogP contribution in [0.4, 0.5) is 0 Å². The van der Waals surface area contributed by atoms with Crippen molar-refractivity contribution in [3.63, 3.8) is 0 Å². The van der Waals surface area contributed by atoms with Gasteiger partial charge in [-0.2, -0.15) is 0 Å². The first-order chi connectivity index (χ1) is 18.4. The number of carbonyl (C=O) groups is 4. The molecular formula is C28H28O10. The highest BCUT2D eigenvalue weighted by atomic mass is 16.7. The second-order valence-corrected chi connectivity index (χ2v) is 8.12. The average Bonchev–Trinajstić information content (AvgIpc) is 2.94. The SMILES string of the molecule is C=CC(=O)OCOc1ccc(C(=O)OC2CCC(OC(=O)c3ccc(OCOC(=O)C=C)cc3)CC2)cc1. The maximum absolute atomic E-state index is 12.5. The molecule has 0 atom stereocenters. The fourth-order valence-corrected chi connectivity index (χ4v) is 3.51. The lowest BCUT2D eigenvalue weighted by Crippen LogP contribution is -2.29. The van der Waals surface area contributed by atoms with Gasteiger partial charge in [0.05, 0.1) is 11.1 Å². The average molecular weight is 525 g/mol. The Labute approximate surface area is 219 Å². The number of carbonyl (C=O) groups excluding carboxylic acids is 4. The molecule has 1 fully saturated rings. The van der Waals surface area contributed by atoms with Gasteiger partial charge in [0.15, 0.2) is 0 Å². The Balaban J connectivity index is 1.37. The fourth-order valence-electron chi connectivity index (χ4n) is 3.51. The molecule has 0 unspecified atom stereocenters. The van der Waals surface area contributed by atoms with Crippen LogP contribution in [0.1, 0.15) is 46.4 Å². The molecule has 0 spiro atoms. The summed E-state index contributed by atoms with van der Waals surface area (Å²) in [5.74, 6) is -1.26. The number of ether oxygens (including phenoxy) is 6. The van der Waals surface area contributed by atoms with Crippen LogP contribution in [0.2, 0.25) is 0 Å². The van der Waals surface area contributed by atoms with E-state index in [1.807, 2.05) is 0 Å². The van der Waals surface area contributed by atoms with E-state index in [4.69, 9.17) is 28.4 Å². The van der Waals surface area contributed by atoms with Gasteiger partial charge in [-0.15, -0.1) is 0 Å². The summed E-state index contributed by atoms with van der Waals surface area (Å²) >= 11 is 0. The molecule has 0 bridgehead atoms. The van der Waals surface area contributed by atoms with Gasteiger partial charge in [0.25, 0.3) is 0 Å². The third-order valence-corrected chi connectivity index (χ3v) is 5.54.